The third-order valence-electron chi connectivity index (χ3n) is 3.19. The molecule has 21 heavy (non-hydrogen) atoms. The molecule has 0 spiro atoms. The van der Waals surface area contributed by atoms with Crippen LogP contribution in [0.4, 0.5) is 5.69 Å². The molecule has 0 radical (unpaired) electrons. The summed E-state index contributed by atoms with van der Waals surface area (Å²) in [6.45, 7) is 0. The Balaban J connectivity index is 2.08. The van der Waals surface area contributed by atoms with Gasteiger partial charge in [-0.25, -0.2) is 15.2 Å². The van der Waals surface area contributed by atoms with Crippen LogP contribution in [0.3, 0.4) is 0 Å². The zero-order valence-electron chi connectivity index (χ0n) is 11.4. The lowest BCUT2D eigenvalue weighted by atomic mass is 10.1. The molecule has 6 nitrogen and oxygen atoms in total. The zero-order chi connectivity index (χ0) is 14.8. The van der Waals surface area contributed by atoms with Crippen LogP contribution in [0.1, 0.15) is 10.4 Å². The highest BCUT2D eigenvalue weighted by molar-refractivity contribution is 5.88. The van der Waals surface area contributed by atoms with E-state index in [1.165, 1.54) is 0 Å². The van der Waals surface area contributed by atoms with Crippen molar-refractivity contribution >= 4 is 17.3 Å². The van der Waals surface area contributed by atoms with Gasteiger partial charge >= 0.3 is 5.97 Å². The van der Waals surface area contributed by atoms with Crippen LogP contribution >= 0.6 is 0 Å². The standard InChI is InChI=1S/C15H14N4O2/c1-16-18-12-4-2-3-10(7-12)13-9-17-14-8-11(15(20)21)5-6-19(13)14/h2-9,16,18H,1H3,(H,20,21). The van der Waals surface area contributed by atoms with Gasteiger partial charge in [-0.3, -0.25) is 4.40 Å². The second-order valence-electron chi connectivity index (χ2n) is 4.55. The number of pyridine rings is 1. The molecule has 0 aliphatic heterocycles. The number of hydrogen-bond acceptors (Lipinski definition) is 4. The fraction of sp³-hybridized carbons (Fsp3) is 0.0667. The normalized spacial score (nSPS) is 10.7. The highest BCUT2D eigenvalue weighted by atomic mass is 16.4. The van der Waals surface area contributed by atoms with Gasteiger partial charge in [0.15, 0.2) is 0 Å². The lowest BCUT2D eigenvalue weighted by molar-refractivity contribution is 0.0697. The van der Waals surface area contributed by atoms with Crippen molar-refractivity contribution in [1.29, 1.82) is 0 Å². The Labute approximate surface area is 121 Å². The Hall–Kier alpha value is -2.86. The number of carboxylic acid groups (broad SMARTS) is 1. The van der Waals surface area contributed by atoms with Crippen LogP contribution < -0.4 is 10.9 Å². The summed E-state index contributed by atoms with van der Waals surface area (Å²) in [4.78, 5) is 15.3. The van der Waals surface area contributed by atoms with E-state index in [0.29, 0.717) is 5.65 Å². The number of fused-ring (bicyclic) bond motifs is 1. The minimum atomic E-state index is -0.956. The van der Waals surface area contributed by atoms with Crippen molar-refractivity contribution in [2.24, 2.45) is 0 Å². The Bertz CT molecular complexity index is 810. The molecule has 3 rings (SSSR count). The molecule has 2 aromatic heterocycles. The van der Waals surface area contributed by atoms with Crippen LogP contribution in [0.15, 0.2) is 48.8 Å². The molecule has 0 unspecified atom stereocenters. The Morgan fingerprint density at radius 3 is 2.90 bits per heavy atom. The molecule has 106 valence electrons. The van der Waals surface area contributed by atoms with Crippen molar-refractivity contribution in [2.45, 2.75) is 0 Å². The van der Waals surface area contributed by atoms with Crippen molar-refractivity contribution < 1.29 is 9.90 Å². The Morgan fingerprint density at radius 2 is 2.14 bits per heavy atom. The van der Waals surface area contributed by atoms with Crippen molar-refractivity contribution in [3.63, 3.8) is 0 Å². The third-order valence-corrected chi connectivity index (χ3v) is 3.19. The van der Waals surface area contributed by atoms with Crippen molar-refractivity contribution in [1.82, 2.24) is 14.8 Å². The Kier molecular flexibility index (Phi) is 3.29. The second kappa shape index (κ2) is 5.26. The molecule has 0 saturated carbocycles. The van der Waals surface area contributed by atoms with Crippen LogP contribution in [0.25, 0.3) is 16.9 Å². The molecule has 1 aromatic carbocycles. The van der Waals surface area contributed by atoms with E-state index >= 15 is 0 Å². The van der Waals surface area contributed by atoms with E-state index in [0.717, 1.165) is 16.9 Å². The topological polar surface area (TPSA) is 78.7 Å². The highest BCUT2D eigenvalue weighted by Gasteiger charge is 2.09. The number of benzene rings is 1. The number of rotatable bonds is 4. The number of nitrogens with zero attached hydrogens (tertiary/aromatic N) is 2. The third kappa shape index (κ3) is 2.44. The summed E-state index contributed by atoms with van der Waals surface area (Å²) in [7, 11) is 1.80. The van der Waals surface area contributed by atoms with E-state index in [9.17, 15) is 4.79 Å². The number of aromatic nitrogens is 2. The quantitative estimate of drug-likeness (QED) is 0.640. The van der Waals surface area contributed by atoms with E-state index in [1.807, 2.05) is 28.7 Å². The predicted octanol–water partition coefficient (Wildman–Crippen LogP) is 2.25. The van der Waals surface area contributed by atoms with Gasteiger partial charge < -0.3 is 10.5 Å². The first-order valence-electron chi connectivity index (χ1n) is 6.42. The Morgan fingerprint density at radius 1 is 1.29 bits per heavy atom. The molecule has 0 aliphatic carbocycles. The molecule has 3 aromatic rings. The maximum atomic E-state index is 11.0. The van der Waals surface area contributed by atoms with Crippen LogP contribution in [-0.2, 0) is 0 Å². The van der Waals surface area contributed by atoms with Gasteiger partial charge in [-0.15, -0.1) is 0 Å². The van der Waals surface area contributed by atoms with E-state index in [2.05, 4.69) is 15.8 Å². The smallest absolute Gasteiger partial charge is 0.335 e. The summed E-state index contributed by atoms with van der Waals surface area (Å²) in [6.07, 6.45) is 3.46. The van der Waals surface area contributed by atoms with E-state index < -0.39 is 5.97 Å². The summed E-state index contributed by atoms with van der Waals surface area (Å²) in [5.41, 5.74) is 9.57. The molecular formula is C15H14N4O2. The van der Waals surface area contributed by atoms with Gasteiger partial charge in [-0.05, 0) is 24.3 Å². The van der Waals surface area contributed by atoms with Gasteiger partial charge in [0.25, 0.3) is 0 Å². The molecule has 6 heteroatoms. The summed E-state index contributed by atoms with van der Waals surface area (Å²) in [5, 5.41) is 9.01. The number of aromatic carboxylic acids is 1. The van der Waals surface area contributed by atoms with Crippen LogP contribution in [0.2, 0.25) is 0 Å². The van der Waals surface area contributed by atoms with Gasteiger partial charge in [-0.2, -0.15) is 0 Å². The molecular weight excluding hydrogens is 268 g/mol. The lowest BCUT2D eigenvalue weighted by Gasteiger charge is -2.07. The number of nitrogens with one attached hydrogen (secondary N) is 2. The van der Waals surface area contributed by atoms with Crippen LogP contribution in [-0.4, -0.2) is 27.5 Å². The molecule has 0 fully saturated rings. The van der Waals surface area contributed by atoms with Gasteiger partial charge in [0.1, 0.15) is 5.65 Å². The van der Waals surface area contributed by atoms with E-state index in [-0.39, 0.29) is 5.56 Å². The number of carboxylic acids is 1. The van der Waals surface area contributed by atoms with Crippen molar-refractivity contribution in [3.8, 4) is 11.3 Å². The van der Waals surface area contributed by atoms with Crippen LogP contribution in [0.5, 0.6) is 0 Å². The van der Waals surface area contributed by atoms with Gasteiger partial charge in [0.2, 0.25) is 0 Å². The minimum absolute atomic E-state index is 0.227. The number of hydrazine groups is 1. The van der Waals surface area contributed by atoms with Gasteiger partial charge in [0.05, 0.1) is 17.5 Å². The number of anilines is 1. The number of hydrogen-bond donors (Lipinski definition) is 3. The fourth-order valence-corrected chi connectivity index (χ4v) is 2.23. The molecule has 0 atom stereocenters. The summed E-state index contributed by atoms with van der Waals surface area (Å²) >= 11 is 0. The van der Waals surface area contributed by atoms with Crippen molar-refractivity contribution in [3.05, 3.63) is 54.4 Å². The molecule has 3 N–H and O–H groups in total. The number of carbonyl (C=O) groups is 1. The minimum Gasteiger partial charge on any atom is -0.478 e. The fourth-order valence-electron chi connectivity index (χ4n) is 2.23. The highest BCUT2D eigenvalue weighted by Crippen LogP contribution is 2.23. The van der Waals surface area contributed by atoms with Gasteiger partial charge in [-0.1, -0.05) is 12.1 Å². The lowest BCUT2D eigenvalue weighted by Crippen LogP contribution is -2.14. The molecule has 0 aliphatic rings. The molecule has 0 amide bonds. The average molecular weight is 282 g/mol. The van der Waals surface area contributed by atoms with E-state index in [4.69, 9.17) is 5.11 Å². The maximum absolute atomic E-state index is 11.0. The molecule has 0 saturated heterocycles. The molecule has 0 bridgehead atoms. The number of imidazole rings is 1. The second-order valence-corrected chi connectivity index (χ2v) is 4.55. The predicted molar refractivity (Wildman–Crippen MR) is 80.3 cm³/mol. The van der Waals surface area contributed by atoms with Crippen molar-refractivity contribution in [2.75, 3.05) is 12.5 Å². The average Bonchev–Trinajstić information content (AvgIpc) is 2.90. The largest absolute Gasteiger partial charge is 0.478 e. The maximum Gasteiger partial charge on any atom is 0.335 e. The van der Waals surface area contributed by atoms with Crippen LogP contribution in [0, 0.1) is 0 Å². The summed E-state index contributed by atoms with van der Waals surface area (Å²) < 4.78 is 1.87. The first kappa shape index (κ1) is 13.1. The van der Waals surface area contributed by atoms with E-state index in [1.54, 1.807) is 31.6 Å². The first-order chi connectivity index (χ1) is 10.2. The monoisotopic (exact) mass is 282 g/mol. The zero-order valence-corrected chi connectivity index (χ0v) is 11.4. The van der Waals surface area contributed by atoms with Gasteiger partial charge in [0, 0.05) is 24.5 Å². The first-order valence-corrected chi connectivity index (χ1v) is 6.42. The summed E-state index contributed by atoms with van der Waals surface area (Å²) in [5.74, 6) is -0.956. The molecule has 2 heterocycles. The summed E-state index contributed by atoms with van der Waals surface area (Å²) in [6, 6.07) is 11.0. The SMILES string of the molecule is CNNc1cccc(-c2cnc3cc(C(=O)O)ccn23)c1.